The minimum absolute atomic E-state index is 0.494. The summed E-state index contributed by atoms with van der Waals surface area (Å²) in [6.07, 6.45) is 3.11. The lowest BCUT2D eigenvalue weighted by Crippen LogP contribution is -2.60. The number of hydrogen-bond acceptors (Lipinski definition) is 3. The van der Waals surface area contributed by atoms with Gasteiger partial charge in [-0.25, -0.2) is 0 Å². The van der Waals surface area contributed by atoms with E-state index in [9.17, 15) is 5.11 Å². The third kappa shape index (κ3) is 1.41. The second-order valence-electron chi connectivity index (χ2n) is 2.87. The van der Waals surface area contributed by atoms with Crippen LogP contribution in [-0.4, -0.2) is 16.9 Å². The zero-order valence-electron chi connectivity index (χ0n) is 5.51. The summed E-state index contributed by atoms with van der Waals surface area (Å²) in [5.41, 5.74) is 10.3. The second kappa shape index (κ2) is 2.25. The molecule has 0 aromatic heterocycles. The van der Waals surface area contributed by atoms with Gasteiger partial charge in [0.05, 0.1) is 11.8 Å². The fraction of sp³-hybridized carbons (Fsp3) is 1.00. The minimum atomic E-state index is -0.807. The average molecular weight is 130 g/mol. The third-order valence-corrected chi connectivity index (χ3v) is 1.96. The smallest absolute Gasteiger partial charge is 0.0903 e. The average Bonchev–Trinajstić information content (AvgIpc) is 1.77. The number of nitrogens with two attached hydrogens (primary N) is 2. The third-order valence-electron chi connectivity index (χ3n) is 1.96. The fourth-order valence-corrected chi connectivity index (χ4v) is 1.20. The summed E-state index contributed by atoms with van der Waals surface area (Å²) in [5, 5.41) is 9.19. The zero-order valence-corrected chi connectivity index (χ0v) is 5.51. The summed E-state index contributed by atoms with van der Waals surface area (Å²) < 4.78 is 0. The van der Waals surface area contributed by atoms with Gasteiger partial charge in [0.25, 0.3) is 0 Å². The van der Waals surface area contributed by atoms with Crippen LogP contribution in [0.3, 0.4) is 0 Å². The molecule has 0 heterocycles. The molecule has 1 aliphatic carbocycles. The SMILES string of the molecule is NC1(N)CCCCC1O. The van der Waals surface area contributed by atoms with E-state index in [1.54, 1.807) is 0 Å². The first-order valence-electron chi connectivity index (χ1n) is 3.39. The van der Waals surface area contributed by atoms with E-state index in [2.05, 4.69) is 0 Å². The molecule has 1 saturated carbocycles. The van der Waals surface area contributed by atoms with Crippen LogP contribution in [0.15, 0.2) is 0 Å². The summed E-state index contributed by atoms with van der Waals surface area (Å²) in [5.74, 6) is 0. The summed E-state index contributed by atoms with van der Waals surface area (Å²) in [4.78, 5) is 0. The molecule has 0 amide bonds. The predicted octanol–water partition coefficient (Wildman–Crippen LogP) is -0.465. The Kier molecular flexibility index (Phi) is 1.75. The Morgan fingerprint density at radius 3 is 2.33 bits per heavy atom. The van der Waals surface area contributed by atoms with E-state index in [1.807, 2.05) is 0 Å². The van der Waals surface area contributed by atoms with E-state index in [1.165, 1.54) is 0 Å². The van der Waals surface area contributed by atoms with Crippen molar-refractivity contribution in [2.45, 2.75) is 37.5 Å². The van der Waals surface area contributed by atoms with Crippen LogP contribution >= 0.6 is 0 Å². The molecular formula is C6H14N2O. The Morgan fingerprint density at radius 1 is 1.33 bits per heavy atom. The van der Waals surface area contributed by atoms with Crippen LogP contribution < -0.4 is 11.5 Å². The van der Waals surface area contributed by atoms with Gasteiger partial charge in [-0.05, 0) is 12.8 Å². The Hall–Kier alpha value is -0.120. The molecule has 0 bridgehead atoms. The van der Waals surface area contributed by atoms with Crippen molar-refractivity contribution in [2.75, 3.05) is 0 Å². The topological polar surface area (TPSA) is 72.3 Å². The van der Waals surface area contributed by atoms with Crippen molar-refractivity contribution < 1.29 is 5.11 Å². The van der Waals surface area contributed by atoms with Gasteiger partial charge in [-0.15, -0.1) is 0 Å². The summed E-state index contributed by atoms with van der Waals surface area (Å²) in [7, 11) is 0. The highest BCUT2D eigenvalue weighted by Crippen LogP contribution is 2.21. The van der Waals surface area contributed by atoms with E-state index in [4.69, 9.17) is 11.5 Å². The van der Waals surface area contributed by atoms with Crippen LogP contribution in [-0.2, 0) is 0 Å². The maximum absolute atomic E-state index is 9.19. The van der Waals surface area contributed by atoms with Crippen molar-refractivity contribution in [3.05, 3.63) is 0 Å². The molecule has 0 aromatic carbocycles. The number of aliphatic hydroxyl groups is 1. The van der Waals surface area contributed by atoms with Crippen molar-refractivity contribution in [3.63, 3.8) is 0 Å². The largest absolute Gasteiger partial charge is 0.390 e. The summed E-state index contributed by atoms with van der Waals surface area (Å²) in [6, 6.07) is 0. The highest BCUT2D eigenvalue weighted by molar-refractivity contribution is 4.88. The Morgan fingerprint density at radius 2 is 2.00 bits per heavy atom. The van der Waals surface area contributed by atoms with Gasteiger partial charge in [0, 0.05) is 0 Å². The van der Waals surface area contributed by atoms with Gasteiger partial charge in [0.1, 0.15) is 0 Å². The Labute approximate surface area is 55.0 Å². The van der Waals surface area contributed by atoms with Gasteiger partial charge >= 0.3 is 0 Å². The molecule has 0 saturated heterocycles. The fourth-order valence-electron chi connectivity index (χ4n) is 1.20. The van der Waals surface area contributed by atoms with Crippen molar-refractivity contribution in [2.24, 2.45) is 11.5 Å². The first-order chi connectivity index (χ1) is 4.13. The summed E-state index contributed by atoms with van der Waals surface area (Å²) >= 11 is 0. The minimum Gasteiger partial charge on any atom is -0.390 e. The van der Waals surface area contributed by atoms with E-state index in [-0.39, 0.29) is 0 Å². The second-order valence-corrected chi connectivity index (χ2v) is 2.87. The monoisotopic (exact) mass is 130 g/mol. The van der Waals surface area contributed by atoms with Crippen molar-refractivity contribution in [1.29, 1.82) is 0 Å². The lowest BCUT2D eigenvalue weighted by Gasteiger charge is -2.34. The quantitative estimate of drug-likeness (QED) is 0.388. The van der Waals surface area contributed by atoms with Crippen molar-refractivity contribution in [3.8, 4) is 0 Å². The van der Waals surface area contributed by atoms with Crippen LogP contribution in [0.1, 0.15) is 25.7 Å². The molecule has 54 valence electrons. The maximum atomic E-state index is 9.19. The van der Waals surface area contributed by atoms with Crippen LogP contribution in [0.25, 0.3) is 0 Å². The highest BCUT2D eigenvalue weighted by atomic mass is 16.3. The molecule has 3 heteroatoms. The first-order valence-corrected chi connectivity index (χ1v) is 3.39. The van der Waals surface area contributed by atoms with Gasteiger partial charge in [-0.2, -0.15) is 0 Å². The normalized spacial score (nSPS) is 34.3. The maximum Gasteiger partial charge on any atom is 0.0903 e. The van der Waals surface area contributed by atoms with Gasteiger partial charge in [-0.1, -0.05) is 12.8 Å². The molecule has 5 N–H and O–H groups in total. The van der Waals surface area contributed by atoms with Crippen LogP contribution in [0.4, 0.5) is 0 Å². The number of rotatable bonds is 0. The van der Waals surface area contributed by atoms with Crippen LogP contribution in [0.2, 0.25) is 0 Å². The van der Waals surface area contributed by atoms with Gasteiger partial charge in [-0.3, -0.25) is 0 Å². The molecule has 1 atom stereocenters. The van der Waals surface area contributed by atoms with Gasteiger partial charge < -0.3 is 16.6 Å². The van der Waals surface area contributed by atoms with E-state index < -0.39 is 11.8 Å². The van der Waals surface area contributed by atoms with Crippen molar-refractivity contribution >= 4 is 0 Å². The first kappa shape index (κ1) is 6.99. The summed E-state index contributed by atoms with van der Waals surface area (Å²) in [6.45, 7) is 0. The standard InChI is InChI=1S/C6H14N2O/c7-6(8)4-2-1-3-5(6)9/h5,9H,1-4,7-8H2. The van der Waals surface area contributed by atoms with Crippen LogP contribution in [0.5, 0.6) is 0 Å². The van der Waals surface area contributed by atoms with E-state index in [0.29, 0.717) is 0 Å². The molecule has 0 spiro atoms. The number of aliphatic hydroxyl groups excluding tert-OH is 1. The molecule has 0 radical (unpaired) electrons. The molecule has 0 aromatic rings. The highest BCUT2D eigenvalue weighted by Gasteiger charge is 2.31. The lowest BCUT2D eigenvalue weighted by molar-refractivity contribution is 0.0503. The predicted molar refractivity (Wildman–Crippen MR) is 35.6 cm³/mol. The molecular weight excluding hydrogens is 116 g/mol. The van der Waals surface area contributed by atoms with Gasteiger partial charge in [0.15, 0.2) is 0 Å². The van der Waals surface area contributed by atoms with E-state index in [0.717, 1.165) is 25.7 Å². The molecule has 0 aliphatic heterocycles. The molecule has 3 nitrogen and oxygen atoms in total. The van der Waals surface area contributed by atoms with E-state index >= 15 is 0 Å². The molecule has 1 aliphatic rings. The lowest BCUT2D eigenvalue weighted by atomic mass is 9.88. The number of hydrogen-bond donors (Lipinski definition) is 3. The van der Waals surface area contributed by atoms with Crippen molar-refractivity contribution in [1.82, 2.24) is 0 Å². The molecule has 1 fully saturated rings. The Balaban J connectivity index is 2.49. The molecule has 1 rings (SSSR count). The zero-order chi connectivity index (χ0) is 6.91. The molecule has 1 unspecified atom stereocenters. The van der Waals surface area contributed by atoms with Gasteiger partial charge in [0.2, 0.25) is 0 Å². The Bertz CT molecular complexity index is 103. The van der Waals surface area contributed by atoms with Crippen LogP contribution in [0, 0.1) is 0 Å². The molecule has 9 heavy (non-hydrogen) atoms.